The number of rotatable bonds is 6. The standard InChI is InChI=1S/C16H32N2/c1-3-4-7-13(2)17-12-15-11-10-14-8-5-6-9-16(14)18-15/h13-18H,3-12H2,1-2H3. The zero-order valence-corrected chi connectivity index (χ0v) is 12.4. The van der Waals surface area contributed by atoms with Crippen LogP contribution in [0.4, 0.5) is 0 Å². The molecule has 106 valence electrons. The van der Waals surface area contributed by atoms with E-state index in [1.165, 1.54) is 64.3 Å². The van der Waals surface area contributed by atoms with Gasteiger partial charge in [0, 0.05) is 24.7 Å². The van der Waals surface area contributed by atoms with Gasteiger partial charge in [-0.15, -0.1) is 0 Å². The summed E-state index contributed by atoms with van der Waals surface area (Å²) in [6, 6.07) is 2.26. The fourth-order valence-electron chi connectivity index (χ4n) is 3.69. The van der Waals surface area contributed by atoms with Gasteiger partial charge in [0.2, 0.25) is 0 Å². The Morgan fingerprint density at radius 1 is 1.17 bits per heavy atom. The van der Waals surface area contributed by atoms with Gasteiger partial charge in [-0.1, -0.05) is 32.6 Å². The molecule has 1 saturated carbocycles. The molecule has 1 heterocycles. The third-order valence-corrected chi connectivity index (χ3v) is 4.95. The normalized spacial score (nSPS) is 34.0. The van der Waals surface area contributed by atoms with Crippen LogP contribution >= 0.6 is 0 Å². The minimum absolute atomic E-state index is 0.691. The first-order valence-electron chi connectivity index (χ1n) is 8.29. The van der Waals surface area contributed by atoms with E-state index in [9.17, 15) is 0 Å². The van der Waals surface area contributed by atoms with Gasteiger partial charge >= 0.3 is 0 Å². The maximum absolute atomic E-state index is 3.90. The van der Waals surface area contributed by atoms with E-state index in [2.05, 4.69) is 24.5 Å². The summed E-state index contributed by atoms with van der Waals surface area (Å²) in [6.07, 6.45) is 12.7. The van der Waals surface area contributed by atoms with E-state index in [4.69, 9.17) is 0 Å². The average Bonchev–Trinajstić information content (AvgIpc) is 2.42. The SMILES string of the molecule is CCCCC(C)NCC1CCC2CCCCC2N1. The van der Waals surface area contributed by atoms with E-state index < -0.39 is 0 Å². The molecule has 0 amide bonds. The highest BCUT2D eigenvalue weighted by Gasteiger charge is 2.31. The van der Waals surface area contributed by atoms with Crippen LogP contribution in [0.1, 0.15) is 71.6 Å². The third-order valence-electron chi connectivity index (χ3n) is 4.95. The minimum Gasteiger partial charge on any atom is -0.313 e. The van der Waals surface area contributed by atoms with Crippen molar-refractivity contribution in [3.8, 4) is 0 Å². The molecule has 0 aromatic heterocycles. The van der Waals surface area contributed by atoms with Gasteiger partial charge in [-0.2, -0.15) is 0 Å². The first kappa shape index (κ1) is 14.3. The van der Waals surface area contributed by atoms with Gasteiger partial charge in [-0.05, 0) is 44.9 Å². The molecule has 0 radical (unpaired) electrons. The summed E-state index contributed by atoms with van der Waals surface area (Å²) in [5.41, 5.74) is 0. The van der Waals surface area contributed by atoms with Crippen molar-refractivity contribution in [1.82, 2.24) is 10.6 Å². The lowest BCUT2D eigenvalue weighted by molar-refractivity contribution is 0.172. The summed E-state index contributed by atoms with van der Waals surface area (Å²) in [7, 11) is 0. The molecule has 0 spiro atoms. The zero-order valence-electron chi connectivity index (χ0n) is 12.4. The van der Waals surface area contributed by atoms with Gasteiger partial charge in [0.15, 0.2) is 0 Å². The van der Waals surface area contributed by atoms with Crippen molar-refractivity contribution in [3.63, 3.8) is 0 Å². The average molecular weight is 252 g/mol. The van der Waals surface area contributed by atoms with Crippen LogP contribution in [0, 0.1) is 5.92 Å². The Morgan fingerprint density at radius 2 is 2.00 bits per heavy atom. The van der Waals surface area contributed by atoms with E-state index >= 15 is 0 Å². The molecule has 2 nitrogen and oxygen atoms in total. The first-order valence-corrected chi connectivity index (χ1v) is 8.29. The van der Waals surface area contributed by atoms with E-state index in [0.29, 0.717) is 6.04 Å². The largest absolute Gasteiger partial charge is 0.313 e. The second kappa shape index (κ2) is 7.49. The topological polar surface area (TPSA) is 24.1 Å². The monoisotopic (exact) mass is 252 g/mol. The van der Waals surface area contributed by atoms with Crippen molar-refractivity contribution in [2.24, 2.45) is 5.92 Å². The van der Waals surface area contributed by atoms with Gasteiger partial charge in [0.25, 0.3) is 0 Å². The van der Waals surface area contributed by atoms with Crippen LogP contribution in [0.5, 0.6) is 0 Å². The molecule has 1 saturated heterocycles. The Balaban J connectivity index is 1.65. The quantitative estimate of drug-likeness (QED) is 0.756. The number of hydrogen-bond acceptors (Lipinski definition) is 2. The van der Waals surface area contributed by atoms with Crippen molar-refractivity contribution >= 4 is 0 Å². The summed E-state index contributed by atoms with van der Waals surface area (Å²) in [4.78, 5) is 0. The molecule has 2 aliphatic rings. The second-order valence-electron chi connectivity index (χ2n) is 6.54. The van der Waals surface area contributed by atoms with Crippen LogP contribution in [-0.2, 0) is 0 Å². The predicted octanol–water partition coefficient (Wildman–Crippen LogP) is 3.47. The van der Waals surface area contributed by atoms with E-state index in [0.717, 1.165) is 18.0 Å². The maximum atomic E-state index is 3.90. The number of piperidine rings is 1. The molecule has 0 aromatic rings. The molecule has 2 fully saturated rings. The molecule has 4 atom stereocenters. The molecule has 2 N–H and O–H groups in total. The summed E-state index contributed by atoms with van der Waals surface area (Å²) >= 11 is 0. The van der Waals surface area contributed by atoms with Crippen molar-refractivity contribution in [2.45, 2.75) is 89.8 Å². The summed E-state index contributed by atoms with van der Waals surface area (Å²) in [5, 5.41) is 7.62. The van der Waals surface area contributed by atoms with Gasteiger partial charge in [0.05, 0.1) is 0 Å². The highest BCUT2D eigenvalue weighted by molar-refractivity contribution is 4.90. The van der Waals surface area contributed by atoms with Gasteiger partial charge < -0.3 is 10.6 Å². The lowest BCUT2D eigenvalue weighted by Gasteiger charge is -2.41. The lowest BCUT2D eigenvalue weighted by Crippen LogP contribution is -2.53. The van der Waals surface area contributed by atoms with Crippen molar-refractivity contribution in [1.29, 1.82) is 0 Å². The number of hydrogen-bond donors (Lipinski definition) is 2. The van der Waals surface area contributed by atoms with Crippen LogP contribution in [0.15, 0.2) is 0 Å². The fraction of sp³-hybridized carbons (Fsp3) is 1.00. The van der Waals surface area contributed by atoms with E-state index in [1.54, 1.807) is 0 Å². The van der Waals surface area contributed by atoms with Crippen molar-refractivity contribution < 1.29 is 0 Å². The Hall–Kier alpha value is -0.0800. The molecule has 0 aromatic carbocycles. The molecular weight excluding hydrogens is 220 g/mol. The third kappa shape index (κ3) is 4.24. The Morgan fingerprint density at radius 3 is 2.83 bits per heavy atom. The molecule has 0 bridgehead atoms. The summed E-state index contributed by atoms with van der Waals surface area (Å²) in [5.74, 6) is 0.993. The molecular formula is C16H32N2. The molecule has 1 aliphatic heterocycles. The van der Waals surface area contributed by atoms with Crippen LogP contribution in [-0.4, -0.2) is 24.7 Å². The summed E-state index contributed by atoms with van der Waals surface area (Å²) < 4.78 is 0. The molecule has 1 aliphatic carbocycles. The van der Waals surface area contributed by atoms with Gasteiger partial charge in [-0.25, -0.2) is 0 Å². The summed E-state index contributed by atoms with van der Waals surface area (Å²) in [6.45, 7) is 5.79. The number of unbranched alkanes of at least 4 members (excludes halogenated alkanes) is 1. The highest BCUT2D eigenvalue weighted by Crippen LogP contribution is 2.32. The zero-order chi connectivity index (χ0) is 12.8. The Labute approximate surface area is 113 Å². The Bertz CT molecular complexity index is 229. The lowest BCUT2D eigenvalue weighted by atomic mass is 9.78. The molecule has 2 heteroatoms. The van der Waals surface area contributed by atoms with Gasteiger partial charge in [-0.3, -0.25) is 0 Å². The molecule has 2 rings (SSSR count). The van der Waals surface area contributed by atoms with Crippen molar-refractivity contribution in [2.75, 3.05) is 6.54 Å². The van der Waals surface area contributed by atoms with Crippen molar-refractivity contribution in [3.05, 3.63) is 0 Å². The van der Waals surface area contributed by atoms with Crippen LogP contribution < -0.4 is 10.6 Å². The number of fused-ring (bicyclic) bond motifs is 1. The molecule has 18 heavy (non-hydrogen) atoms. The predicted molar refractivity (Wildman–Crippen MR) is 78.9 cm³/mol. The highest BCUT2D eigenvalue weighted by atomic mass is 15.0. The Kier molecular flexibility index (Phi) is 5.97. The van der Waals surface area contributed by atoms with E-state index in [1.807, 2.05) is 0 Å². The minimum atomic E-state index is 0.691. The van der Waals surface area contributed by atoms with E-state index in [-0.39, 0.29) is 0 Å². The van der Waals surface area contributed by atoms with Crippen LogP contribution in [0.2, 0.25) is 0 Å². The van der Waals surface area contributed by atoms with Crippen LogP contribution in [0.3, 0.4) is 0 Å². The smallest absolute Gasteiger partial charge is 0.0195 e. The van der Waals surface area contributed by atoms with Gasteiger partial charge in [0.1, 0.15) is 0 Å². The molecule has 4 unspecified atom stereocenters. The first-order chi connectivity index (χ1) is 8.79. The number of nitrogens with one attached hydrogen (secondary N) is 2. The maximum Gasteiger partial charge on any atom is 0.0195 e. The fourth-order valence-corrected chi connectivity index (χ4v) is 3.69. The second-order valence-corrected chi connectivity index (χ2v) is 6.54. The van der Waals surface area contributed by atoms with Crippen LogP contribution in [0.25, 0.3) is 0 Å².